The van der Waals surface area contributed by atoms with Gasteiger partial charge in [0.15, 0.2) is 17.6 Å². The molecule has 2 bridgehead atoms. The third-order valence-corrected chi connectivity index (χ3v) is 7.02. The molecule has 6 rings (SSSR count). The van der Waals surface area contributed by atoms with Gasteiger partial charge in [0, 0.05) is 5.56 Å². The summed E-state index contributed by atoms with van der Waals surface area (Å²) >= 11 is 0. The van der Waals surface area contributed by atoms with E-state index >= 15 is 0 Å². The molecular formula is C24H22N2O7. The lowest BCUT2D eigenvalue weighted by Gasteiger charge is -2.26. The predicted octanol–water partition coefficient (Wildman–Crippen LogP) is 2.02. The van der Waals surface area contributed by atoms with Gasteiger partial charge in [0.05, 0.1) is 56.6 Å². The molecule has 2 aromatic carbocycles. The van der Waals surface area contributed by atoms with Crippen LogP contribution < -0.4 is 19.1 Å². The molecule has 9 heteroatoms. The van der Waals surface area contributed by atoms with Gasteiger partial charge in [0.25, 0.3) is 0 Å². The topological polar surface area (TPSA) is 95.9 Å². The van der Waals surface area contributed by atoms with E-state index in [9.17, 15) is 9.59 Å². The summed E-state index contributed by atoms with van der Waals surface area (Å²) in [4.78, 5) is 33.7. The highest BCUT2D eigenvalue weighted by atomic mass is 16.7. The second-order valence-electron chi connectivity index (χ2n) is 8.45. The average Bonchev–Trinajstić information content (AvgIpc) is 3.58. The van der Waals surface area contributed by atoms with Crippen LogP contribution in [0.4, 0.5) is 5.69 Å². The van der Waals surface area contributed by atoms with Crippen LogP contribution in [0.2, 0.25) is 0 Å². The number of nitrogens with zero attached hydrogens (tertiary/aromatic N) is 2. The number of carbonyl (C=O) groups is 2. The minimum atomic E-state index is -0.571. The van der Waals surface area contributed by atoms with Gasteiger partial charge in [-0.15, -0.1) is 0 Å². The maximum Gasteiger partial charge on any atom is 0.240 e. The van der Waals surface area contributed by atoms with Gasteiger partial charge in [-0.05, 0) is 24.3 Å². The minimum absolute atomic E-state index is 0.238. The van der Waals surface area contributed by atoms with Gasteiger partial charge in [-0.2, -0.15) is 0 Å². The molecule has 3 fully saturated rings. The van der Waals surface area contributed by atoms with Crippen LogP contribution in [0.3, 0.4) is 0 Å². The van der Waals surface area contributed by atoms with E-state index in [4.69, 9.17) is 23.8 Å². The van der Waals surface area contributed by atoms with Crippen molar-refractivity contribution in [3.8, 4) is 17.2 Å². The van der Waals surface area contributed by atoms with E-state index in [0.717, 1.165) is 5.56 Å². The van der Waals surface area contributed by atoms with Crippen molar-refractivity contribution in [1.82, 2.24) is 0 Å². The van der Waals surface area contributed by atoms with Gasteiger partial charge in [-0.3, -0.25) is 9.59 Å². The SMILES string of the molecule is COc1cc(C2=NO[C@H]3[C@H]4O[C@@H]([C@@H]23)[C@@H]2C(=O)N(c3ccccc3)C(=O)[C@H]42)cc(OC)c1OC. The molecule has 0 N–H and O–H groups in total. The van der Waals surface area contributed by atoms with Crippen molar-refractivity contribution >= 4 is 23.2 Å². The maximum absolute atomic E-state index is 13.4. The van der Waals surface area contributed by atoms with E-state index in [1.165, 1.54) is 12.0 Å². The van der Waals surface area contributed by atoms with E-state index in [0.29, 0.717) is 28.6 Å². The fourth-order valence-electron chi connectivity index (χ4n) is 5.66. The van der Waals surface area contributed by atoms with Gasteiger partial charge in [-0.25, -0.2) is 4.90 Å². The van der Waals surface area contributed by atoms with Crippen LogP contribution in [0.25, 0.3) is 0 Å². The fraction of sp³-hybridized carbons (Fsp3) is 0.375. The van der Waals surface area contributed by atoms with Gasteiger partial charge < -0.3 is 23.8 Å². The molecule has 9 nitrogen and oxygen atoms in total. The molecule has 0 aliphatic carbocycles. The summed E-state index contributed by atoms with van der Waals surface area (Å²) in [5.41, 5.74) is 1.94. The van der Waals surface area contributed by atoms with Gasteiger partial charge in [0.1, 0.15) is 6.10 Å². The smallest absolute Gasteiger partial charge is 0.240 e. The lowest BCUT2D eigenvalue weighted by Crippen LogP contribution is -2.45. The number of anilines is 1. The average molecular weight is 450 g/mol. The number of fused-ring (bicyclic) bond motifs is 8. The first-order valence-corrected chi connectivity index (χ1v) is 10.7. The monoisotopic (exact) mass is 450 g/mol. The molecule has 0 unspecified atom stereocenters. The van der Waals surface area contributed by atoms with Crippen LogP contribution in [-0.2, 0) is 19.2 Å². The Balaban J connectivity index is 1.36. The third kappa shape index (κ3) is 2.59. The number of hydrogen-bond acceptors (Lipinski definition) is 8. The zero-order valence-electron chi connectivity index (χ0n) is 18.3. The predicted molar refractivity (Wildman–Crippen MR) is 116 cm³/mol. The van der Waals surface area contributed by atoms with Gasteiger partial charge in [-0.1, -0.05) is 23.4 Å². The van der Waals surface area contributed by atoms with Crippen molar-refractivity contribution in [1.29, 1.82) is 0 Å². The van der Waals surface area contributed by atoms with Crippen molar-refractivity contribution in [2.24, 2.45) is 22.9 Å². The van der Waals surface area contributed by atoms with Crippen molar-refractivity contribution in [2.75, 3.05) is 26.2 Å². The van der Waals surface area contributed by atoms with E-state index in [-0.39, 0.29) is 17.7 Å². The Kier molecular flexibility index (Phi) is 4.38. The Morgan fingerprint density at radius 2 is 1.45 bits per heavy atom. The summed E-state index contributed by atoms with van der Waals surface area (Å²) in [6.45, 7) is 0. The highest BCUT2D eigenvalue weighted by Gasteiger charge is 2.72. The lowest BCUT2D eigenvalue weighted by molar-refractivity contribution is -0.125. The molecule has 0 radical (unpaired) electrons. The van der Waals surface area contributed by atoms with Gasteiger partial charge in [0.2, 0.25) is 17.6 Å². The van der Waals surface area contributed by atoms with Crippen LogP contribution in [0.5, 0.6) is 17.2 Å². The number of imide groups is 1. The molecule has 4 heterocycles. The summed E-state index contributed by atoms with van der Waals surface area (Å²) < 4.78 is 22.6. The Hall–Kier alpha value is -3.59. The Morgan fingerprint density at radius 3 is 2.06 bits per heavy atom. The molecule has 170 valence electrons. The lowest BCUT2D eigenvalue weighted by atomic mass is 9.71. The van der Waals surface area contributed by atoms with Crippen molar-refractivity contribution in [2.45, 2.75) is 18.3 Å². The molecule has 0 aromatic heterocycles. The molecule has 4 aliphatic heterocycles. The summed E-state index contributed by atoms with van der Waals surface area (Å²) in [6, 6.07) is 12.6. The molecule has 4 aliphatic rings. The molecule has 2 amide bonds. The Bertz CT molecular complexity index is 1160. The summed E-state index contributed by atoms with van der Waals surface area (Å²) in [7, 11) is 4.63. The van der Waals surface area contributed by atoms with E-state index in [1.54, 1.807) is 38.5 Å². The first kappa shape index (κ1) is 20.0. The maximum atomic E-state index is 13.4. The standard InChI is InChI=1S/C24H22N2O7/c1-29-13-9-11(10-14(30-2)19(13)31-3)18-17-20-15-16(21(32-20)22(17)33-25-18)24(28)26(23(15)27)12-7-5-4-6-8-12/h4-10,15-17,20-22H,1-3H3/t15-,16+,17-,20-,21+,22-/m1/s1. The Morgan fingerprint density at radius 1 is 0.818 bits per heavy atom. The normalized spacial score (nSPS) is 31.2. The van der Waals surface area contributed by atoms with Crippen LogP contribution in [0, 0.1) is 17.8 Å². The third-order valence-electron chi connectivity index (χ3n) is 7.02. The first-order valence-electron chi connectivity index (χ1n) is 10.7. The zero-order chi connectivity index (χ0) is 22.9. The number of ether oxygens (including phenoxy) is 4. The summed E-state index contributed by atoms with van der Waals surface area (Å²) in [6.07, 6.45) is -1.47. The molecule has 2 aromatic rings. The second kappa shape index (κ2) is 7.21. The number of oxime groups is 1. The number of carbonyl (C=O) groups excluding carboxylic acids is 2. The van der Waals surface area contributed by atoms with Crippen LogP contribution in [0.1, 0.15) is 5.56 Å². The number of rotatable bonds is 5. The van der Waals surface area contributed by atoms with Crippen LogP contribution in [0.15, 0.2) is 47.6 Å². The number of hydrogen-bond donors (Lipinski definition) is 0. The van der Waals surface area contributed by atoms with E-state index < -0.39 is 30.1 Å². The largest absolute Gasteiger partial charge is 0.493 e. The van der Waals surface area contributed by atoms with E-state index in [1.807, 2.05) is 18.2 Å². The molecule has 6 atom stereocenters. The zero-order valence-corrected chi connectivity index (χ0v) is 18.3. The molecule has 0 saturated carbocycles. The highest BCUT2D eigenvalue weighted by Crippen LogP contribution is 2.55. The molecule has 0 spiro atoms. The summed E-state index contributed by atoms with van der Waals surface area (Å²) in [5, 5.41) is 4.34. The number of amides is 2. The Labute approximate surface area is 189 Å². The quantitative estimate of drug-likeness (QED) is 0.643. The first-order chi connectivity index (χ1) is 16.1. The number of benzene rings is 2. The molecule has 3 saturated heterocycles. The second-order valence-corrected chi connectivity index (χ2v) is 8.45. The van der Waals surface area contributed by atoms with Crippen LogP contribution >= 0.6 is 0 Å². The summed E-state index contributed by atoms with van der Waals surface area (Å²) in [5.74, 6) is -0.461. The fourth-order valence-corrected chi connectivity index (χ4v) is 5.66. The van der Waals surface area contributed by atoms with Gasteiger partial charge >= 0.3 is 0 Å². The highest BCUT2D eigenvalue weighted by molar-refractivity contribution is 6.23. The van der Waals surface area contributed by atoms with E-state index in [2.05, 4.69) is 5.16 Å². The van der Waals surface area contributed by atoms with Crippen LogP contribution in [-0.4, -0.2) is 57.2 Å². The number of para-hydroxylation sites is 1. The van der Waals surface area contributed by atoms with Crippen molar-refractivity contribution in [3.05, 3.63) is 48.0 Å². The number of methoxy groups -OCH3 is 3. The molecular weight excluding hydrogens is 428 g/mol. The van der Waals surface area contributed by atoms with Crippen molar-refractivity contribution < 1.29 is 33.4 Å². The minimum Gasteiger partial charge on any atom is -0.493 e. The molecule has 33 heavy (non-hydrogen) atoms. The van der Waals surface area contributed by atoms with Crippen molar-refractivity contribution in [3.63, 3.8) is 0 Å².